The van der Waals surface area contributed by atoms with Gasteiger partial charge in [-0.1, -0.05) is 18.2 Å². The normalized spacial score (nSPS) is 27.5. The summed E-state index contributed by atoms with van der Waals surface area (Å²) >= 11 is 0. The van der Waals surface area contributed by atoms with Crippen LogP contribution in [0.2, 0.25) is 0 Å². The summed E-state index contributed by atoms with van der Waals surface area (Å²) in [5.74, 6) is 0.353. The third kappa shape index (κ3) is 1.89. The molecule has 0 saturated carbocycles. The van der Waals surface area contributed by atoms with Crippen LogP contribution in [0.3, 0.4) is 0 Å². The Morgan fingerprint density at radius 1 is 1.36 bits per heavy atom. The molecule has 0 unspecified atom stereocenters. The van der Waals surface area contributed by atoms with Crippen molar-refractivity contribution in [2.45, 2.75) is 25.6 Å². The van der Waals surface area contributed by atoms with E-state index in [1.807, 2.05) is 18.2 Å². The Morgan fingerprint density at radius 3 is 2.86 bits per heavy atom. The number of hydrogen-bond acceptors (Lipinski definition) is 3. The maximum Gasteiger partial charge on any atom is 0.121 e. The minimum Gasteiger partial charge on any atom is -0.508 e. The van der Waals surface area contributed by atoms with E-state index in [0.717, 1.165) is 18.5 Å². The van der Waals surface area contributed by atoms with E-state index in [4.69, 9.17) is 0 Å². The Labute approximate surface area is 84.1 Å². The fraction of sp³-hybridized carbons (Fsp3) is 0.455. The molecule has 1 aromatic carbocycles. The van der Waals surface area contributed by atoms with Crippen LogP contribution < -0.4 is 10.6 Å². The fourth-order valence-electron chi connectivity index (χ4n) is 1.80. The van der Waals surface area contributed by atoms with Crippen molar-refractivity contribution in [3.63, 3.8) is 0 Å². The smallest absolute Gasteiger partial charge is 0.121 e. The fourth-order valence-corrected chi connectivity index (χ4v) is 1.80. The second kappa shape index (κ2) is 3.98. The first-order valence-electron chi connectivity index (χ1n) is 5.04. The van der Waals surface area contributed by atoms with Gasteiger partial charge in [-0.05, 0) is 26.0 Å². The van der Waals surface area contributed by atoms with Gasteiger partial charge in [-0.15, -0.1) is 0 Å². The minimum absolute atomic E-state index is 0.0833. The summed E-state index contributed by atoms with van der Waals surface area (Å²) in [6.07, 6.45) is 1.21. The molecule has 14 heavy (non-hydrogen) atoms. The van der Waals surface area contributed by atoms with Crippen LogP contribution in [0.1, 0.15) is 25.1 Å². The first-order valence-corrected chi connectivity index (χ1v) is 5.04. The molecule has 0 amide bonds. The SMILES string of the molecule is C[C@H]1CCN[C@@H](c2ccccc2O)N1. The maximum absolute atomic E-state index is 9.67. The number of hydrogen-bond donors (Lipinski definition) is 3. The highest BCUT2D eigenvalue weighted by Crippen LogP contribution is 2.23. The van der Waals surface area contributed by atoms with Crippen LogP contribution in [-0.2, 0) is 0 Å². The van der Waals surface area contributed by atoms with Gasteiger partial charge in [0, 0.05) is 11.6 Å². The lowest BCUT2D eigenvalue weighted by molar-refractivity contribution is 0.310. The lowest BCUT2D eigenvalue weighted by atomic mass is 10.1. The van der Waals surface area contributed by atoms with Gasteiger partial charge >= 0.3 is 0 Å². The number of para-hydroxylation sites is 1. The van der Waals surface area contributed by atoms with Gasteiger partial charge in [-0.25, -0.2) is 0 Å². The molecule has 1 fully saturated rings. The average Bonchev–Trinajstić information content (AvgIpc) is 2.18. The minimum atomic E-state index is 0.0833. The molecule has 3 N–H and O–H groups in total. The predicted octanol–water partition coefficient (Wildman–Crippen LogP) is 1.36. The van der Waals surface area contributed by atoms with Gasteiger partial charge in [0.1, 0.15) is 5.75 Å². The zero-order valence-corrected chi connectivity index (χ0v) is 8.33. The maximum atomic E-state index is 9.67. The standard InChI is InChI=1S/C11H16N2O/c1-8-6-7-12-11(13-8)9-4-2-3-5-10(9)14/h2-5,8,11-14H,6-7H2,1H3/t8-,11+/m0/s1. The molecule has 1 heterocycles. The van der Waals surface area contributed by atoms with Crippen molar-refractivity contribution in [1.29, 1.82) is 0 Å². The van der Waals surface area contributed by atoms with Crippen molar-refractivity contribution in [2.24, 2.45) is 0 Å². The largest absolute Gasteiger partial charge is 0.508 e. The number of nitrogens with one attached hydrogen (secondary N) is 2. The summed E-state index contributed by atoms with van der Waals surface area (Å²) in [6, 6.07) is 7.94. The molecule has 3 heteroatoms. The molecule has 76 valence electrons. The molecular formula is C11H16N2O. The Balaban J connectivity index is 2.18. The summed E-state index contributed by atoms with van der Waals surface area (Å²) in [5.41, 5.74) is 0.930. The lowest BCUT2D eigenvalue weighted by Crippen LogP contribution is -2.46. The highest BCUT2D eigenvalue weighted by molar-refractivity contribution is 5.34. The summed E-state index contributed by atoms with van der Waals surface area (Å²) in [5, 5.41) is 16.4. The summed E-state index contributed by atoms with van der Waals surface area (Å²) in [4.78, 5) is 0. The summed E-state index contributed by atoms with van der Waals surface area (Å²) < 4.78 is 0. The van der Waals surface area contributed by atoms with Crippen LogP contribution in [0.4, 0.5) is 0 Å². The van der Waals surface area contributed by atoms with E-state index in [2.05, 4.69) is 17.6 Å². The molecule has 1 aromatic rings. The highest BCUT2D eigenvalue weighted by atomic mass is 16.3. The van der Waals surface area contributed by atoms with Crippen molar-refractivity contribution >= 4 is 0 Å². The van der Waals surface area contributed by atoms with Gasteiger partial charge in [0.15, 0.2) is 0 Å². The zero-order chi connectivity index (χ0) is 9.97. The van der Waals surface area contributed by atoms with Crippen molar-refractivity contribution in [3.05, 3.63) is 29.8 Å². The molecule has 0 bridgehead atoms. The second-order valence-electron chi connectivity index (χ2n) is 3.80. The third-order valence-corrected chi connectivity index (χ3v) is 2.62. The second-order valence-corrected chi connectivity index (χ2v) is 3.80. The van der Waals surface area contributed by atoms with Gasteiger partial charge in [-0.2, -0.15) is 0 Å². The molecule has 0 aliphatic carbocycles. The van der Waals surface area contributed by atoms with E-state index in [-0.39, 0.29) is 6.17 Å². The molecule has 0 spiro atoms. The van der Waals surface area contributed by atoms with E-state index in [1.54, 1.807) is 6.07 Å². The molecule has 3 nitrogen and oxygen atoms in total. The molecule has 0 aromatic heterocycles. The van der Waals surface area contributed by atoms with E-state index >= 15 is 0 Å². The van der Waals surface area contributed by atoms with Gasteiger partial charge in [0.05, 0.1) is 6.17 Å². The number of benzene rings is 1. The van der Waals surface area contributed by atoms with Crippen LogP contribution in [-0.4, -0.2) is 17.7 Å². The number of phenolic OH excluding ortho intramolecular Hbond substituents is 1. The van der Waals surface area contributed by atoms with Gasteiger partial charge in [0.2, 0.25) is 0 Å². The topological polar surface area (TPSA) is 44.3 Å². The van der Waals surface area contributed by atoms with E-state index in [1.165, 1.54) is 0 Å². The molecule has 2 rings (SSSR count). The Bertz CT molecular complexity index is 314. The highest BCUT2D eigenvalue weighted by Gasteiger charge is 2.20. The number of aromatic hydroxyl groups is 1. The van der Waals surface area contributed by atoms with E-state index < -0.39 is 0 Å². The first-order chi connectivity index (χ1) is 6.77. The van der Waals surface area contributed by atoms with Gasteiger partial charge in [-0.3, -0.25) is 10.6 Å². The Kier molecular flexibility index (Phi) is 2.70. The third-order valence-electron chi connectivity index (χ3n) is 2.62. The van der Waals surface area contributed by atoms with Crippen molar-refractivity contribution in [3.8, 4) is 5.75 Å². The molecule has 0 radical (unpaired) electrons. The van der Waals surface area contributed by atoms with Crippen LogP contribution in [0.15, 0.2) is 24.3 Å². The Hall–Kier alpha value is -1.06. The monoisotopic (exact) mass is 192 g/mol. The summed E-state index contributed by atoms with van der Waals surface area (Å²) in [7, 11) is 0. The molecule has 1 saturated heterocycles. The summed E-state index contributed by atoms with van der Waals surface area (Å²) in [6.45, 7) is 3.15. The number of phenols is 1. The predicted molar refractivity (Wildman–Crippen MR) is 56.1 cm³/mol. The number of rotatable bonds is 1. The molecule has 1 aliphatic rings. The van der Waals surface area contributed by atoms with Crippen molar-refractivity contribution in [1.82, 2.24) is 10.6 Å². The molecule has 1 aliphatic heterocycles. The molecule has 2 atom stereocenters. The van der Waals surface area contributed by atoms with E-state index in [0.29, 0.717) is 11.8 Å². The quantitative estimate of drug-likeness (QED) is 0.629. The zero-order valence-electron chi connectivity index (χ0n) is 8.33. The van der Waals surface area contributed by atoms with E-state index in [9.17, 15) is 5.11 Å². The van der Waals surface area contributed by atoms with Crippen molar-refractivity contribution < 1.29 is 5.11 Å². The Morgan fingerprint density at radius 2 is 2.14 bits per heavy atom. The van der Waals surface area contributed by atoms with Crippen LogP contribution >= 0.6 is 0 Å². The van der Waals surface area contributed by atoms with Crippen LogP contribution in [0, 0.1) is 0 Å². The van der Waals surface area contributed by atoms with Gasteiger partial charge in [0.25, 0.3) is 0 Å². The average molecular weight is 192 g/mol. The van der Waals surface area contributed by atoms with Gasteiger partial charge < -0.3 is 5.11 Å². The van der Waals surface area contributed by atoms with Crippen LogP contribution in [0.25, 0.3) is 0 Å². The lowest BCUT2D eigenvalue weighted by Gasteiger charge is -2.30. The first kappa shape index (κ1) is 9.49. The van der Waals surface area contributed by atoms with Crippen molar-refractivity contribution in [2.75, 3.05) is 6.54 Å². The van der Waals surface area contributed by atoms with Crippen LogP contribution in [0.5, 0.6) is 5.75 Å². The molecular weight excluding hydrogens is 176 g/mol.